The molecule has 3 amide bonds. The van der Waals surface area contributed by atoms with Gasteiger partial charge in [0.1, 0.15) is 6.04 Å². The van der Waals surface area contributed by atoms with Gasteiger partial charge in [-0.25, -0.2) is 9.59 Å². The second-order valence-electron chi connectivity index (χ2n) is 3.53. The van der Waals surface area contributed by atoms with Crippen LogP contribution in [0.1, 0.15) is 26.2 Å². The zero-order valence-corrected chi connectivity index (χ0v) is 10.1. The number of aliphatic carboxylic acids is 1. The number of carboxylic acid groups (broad SMARTS) is 1. The third-order valence-corrected chi connectivity index (χ3v) is 2.14. The molecule has 17 heavy (non-hydrogen) atoms. The maximum absolute atomic E-state index is 11.3. The molecule has 1 atom stereocenters. The van der Waals surface area contributed by atoms with Gasteiger partial charge in [-0.15, -0.1) is 0 Å². The SMILES string of the molecule is CCCCC(NC(=O)NCC(=O)NC)C(=O)O. The van der Waals surface area contributed by atoms with E-state index in [-0.39, 0.29) is 12.5 Å². The standard InChI is InChI=1S/C10H19N3O4/c1-3-4-5-7(9(15)16)13-10(17)12-6-8(14)11-2/h7H,3-6H2,1-2H3,(H,11,14)(H,15,16)(H2,12,13,17). The highest BCUT2D eigenvalue weighted by atomic mass is 16.4. The molecular formula is C10H19N3O4. The first-order valence-corrected chi connectivity index (χ1v) is 5.49. The maximum Gasteiger partial charge on any atom is 0.326 e. The Labute approximate surface area is 100.0 Å². The fourth-order valence-corrected chi connectivity index (χ4v) is 1.12. The van der Waals surface area contributed by atoms with Crippen molar-refractivity contribution in [3.8, 4) is 0 Å². The van der Waals surface area contributed by atoms with E-state index in [4.69, 9.17) is 5.11 Å². The number of hydrogen-bond acceptors (Lipinski definition) is 3. The van der Waals surface area contributed by atoms with E-state index < -0.39 is 18.0 Å². The lowest BCUT2D eigenvalue weighted by Crippen LogP contribution is -2.48. The number of unbranched alkanes of at least 4 members (excludes halogenated alkanes) is 1. The van der Waals surface area contributed by atoms with Crippen LogP contribution in [-0.2, 0) is 9.59 Å². The summed E-state index contributed by atoms with van der Waals surface area (Å²) >= 11 is 0. The highest BCUT2D eigenvalue weighted by molar-refractivity contribution is 5.86. The molecule has 0 bridgehead atoms. The number of hydrogen-bond donors (Lipinski definition) is 4. The number of carbonyl (C=O) groups excluding carboxylic acids is 2. The van der Waals surface area contributed by atoms with Crippen molar-refractivity contribution in [3.63, 3.8) is 0 Å². The summed E-state index contributed by atoms with van der Waals surface area (Å²) in [5.41, 5.74) is 0. The number of nitrogens with one attached hydrogen (secondary N) is 3. The monoisotopic (exact) mass is 245 g/mol. The zero-order valence-electron chi connectivity index (χ0n) is 10.1. The predicted molar refractivity (Wildman–Crippen MR) is 61.5 cm³/mol. The normalized spacial score (nSPS) is 11.4. The van der Waals surface area contributed by atoms with E-state index in [9.17, 15) is 14.4 Å². The summed E-state index contributed by atoms with van der Waals surface area (Å²) in [6, 6.07) is -1.57. The van der Waals surface area contributed by atoms with E-state index in [1.807, 2.05) is 6.92 Å². The molecule has 0 aromatic heterocycles. The molecule has 0 aliphatic carbocycles. The Morgan fingerprint density at radius 1 is 1.29 bits per heavy atom. The molecule has 0 saturated heterocycles. The molecule has 4 N–H and O–H groups in total. The first-order valence-electron chi connectivity index (χ1n) is 5.49. The minimum atomic E-state index is -1.08. The second-order valence-corrected chi connectivity index (χ2v) is 3.53. The molecule has 0 fully saturated rings. The Kier molecular flexibility index (Phi) is 7.49. The summed E-state index contributed by atoms with van der Waals surface area (Å²) in [4.78, 5) is 32.9. The van der Waals surface area contributed by atoms with Crippen molar-refractivity contribution in [2.75, 3.05) is 13.6 Å². The fourth-order valence-electron chi connectivity index (χ4n) is 1.12. The second kappa shape index (κ2) is 8.37. The smallest absolute Gasteiger partial charge is 0.326 e. The van der Waals surface area contributed by atoms with Crippen molar-refractivity contribution >= 4 is 17.9 Å². The largest absolute Gasteiger partial charge is 0.480 e. The van der Waals surface area contributed by atoms with E-state index in [0.717, 1.165) is 6.42 Å². The maximum atomic E-state index is 11.3. The first kappa shape index (κ1) is 15.2. The highest BCUT2D eigenvalue weighted by Gasteiger charge is 2.18. The van der Waals surface area contributed by atoms with E-state index in [1.54, 1.807) is 0 Å². The number of amides is 3. The van der Waals surface area contributed by atoms with E-state index in [1.165, 1.54) is 7.05 Å². The third kappa shape index (κ3) is 7.15. The minimum absolute atomic E-state index is 0.178. The van der Waals surface area contributed by atoms with Crippen LogP contribution in [0.25, 0.3) is 0 Å². The van der Waals surface area contributed by atoms with Gasteiger partial charge in [0.25, 0.3) is 0 Å². The van der Waals surface area contributed by atoms with Crippen molar-refractivity contribution in [2.45, 2.75) is 32.2 Å². The summed E-state index contributed by atoms with van der Waals surface area (Å²) in [7, 11) is 1.45. The molecule has 0 rings (SSSR count). The van der Waals surface area contributed by atoms with Gasteiger partial charge in [-0.3, -0.25) is 4.79 Å². The van der Waals surface area contributed by atoms with Crippen LogP contribution in [0.4, 0.5) is 4.79 Å². The molecule has 1 unspecified atom stereocenters. The third-order valence-electron chi connectivity index (χ3n) is 2.14. The van der Waals surface area contributed by atoms with Gasteiger partial charge in [-0.05, 0) is 6.42 Å². The van der Waals surface area contributed by atoms with Crippen molar-refractivity contribution in [2.24, 2.45) is 0 Å². The van der Waals surface area contributed by atoms with Gasteiger partial charge in [0, 0.05) is 7.05 Å². The average molecular weight is 245 g/mol. The summed E-state index contributed by atoms with van der Waals surface area (Å²) < 4.78 is 0. The first-order chi connectivity index (χ1) is 8.01. The van der Waals surface area contributed by atoms with E-state index in [0.29, 0.717) is 12.8 Å². The van der Waals surface area contributed by atoms with Gasteiger partial charge in [-0.1, -0.05) is 19.8 Å². The molecule has 0 heterocycles. The summed E-state index contributed by atoms with van der Waals surface area (Å²) in [5, 5.41) is 15.8. The van der Waals surface area contributed by atoms with Crippen LogP contribution < -0.4 is 16.0 Å². The van der Waals surface area contributed by atoms with Gasteiger partial charge in [0.15, 0.2) is 0 Å². The Balaban J connectivity index is 4.03. The lowest BCUT2D eigenvalue weighted by molar-refractivity contribution is -0.139. The molecule has 0 aromatic rings. The van der Waals surface area contributed by atoms with Gasteiger partial charge in [0.2, 0.25) is 5.91 Å². The van der Waals surface area contributed by atoms with Crippen LogP contribution in [0.15, 0.2) is 0 Å². The fraction of sp³-hybridized carbons (Fsp3) is 0.700. The Morgan fingerprint density at radius 2 is 1.94 bits per heavy atom. The molecule has 7 heteroatoms. The van der Waals surface area contributed by atoms with Crippen LogP contribution in [-0.4, -0.2) is 42.6 Å². The number of rotatable bonds is 7. The number of carboxylic acids is 1. The van der Waals surface area contributed by atoms with Crippen molar-refractivity contribution in [1.29, 1.82) is 0 Å². The van der Waals surface area contributed by atoms with Crippen LogP contribution in [0, 0.1) is 0 Å². The van der Waals surface area contributed by atoms with Gasteiger partial charge in [-0.2, -0.15) is 0 Å². The number of carbonyl (C=O) groups is 3. The van der Waals surface area contributed by atoms with E-state index >= 15 is 0 Å². The summed E-state index contributed by atoms with van der Waals surface area (Å²) in [5.74, 6) is -1.42. The molecule has 7 nitrogen and oxygen atoms in total. The number of urea groups is 1. The minimum Gasteiger partial charge on any atom is -0.480 e. The molecule has 0 radical (unpaired) electrons. The zero-order chi connectivity index (χ0) is 13.3. The molecule has 0 spiro atoms. The molecular weight excluding hydrogens is 226 g/mol. The van der Waals surface area contributed by atoms with Crippen LogP contribution in [0.5, 0.6) is 0 Å². The molecule has 98 valence electrons. The van der Waals surface area contributed by atoms with Gasteiger partial charge < -0.3 is 21.1 Å². The Bertz CT molecular complexity index is 281. The molecule has 0 saturated carbocycles. The lowest BCUT2D eigenvalue weighted by atomic mass is 10.1. The molecule has 0 aromatic carbocycles. The highest BCUT2D eigenvalue weighted by Crippen LogP contribution is 2.00. The van der Waals surface area contributed by atoms with Crippen molar-refractivity contribution in [3.05, 3.63) is 0 Å². The van der Waals surface area contributed by atoms with Gasteiger partial charge in [0.05, 0.1) is 6.54 Å². The van der Waals surface area contributed by atoms with E-state index in [2.05, 4.69) is 16.0 Å². The molecule has 0 aliphatic heterocycles. The quantitative estimate of drug-likeness (QED) is 0.492. The summed E-state index contributed by atoms with van der Waals surface area (Å²) in [6.45, 7) is 1.76. The Hall–Kier alpha value is -1.79. The van der Waals surface area contributed by atoms with Crippen molar-refractivity contribution in [1.82, 2.24) is 16.0 Å². The lowest BCUT2D eigenvalue weighted by Gasteiger charge is -2.14. The topological polar surface area (TPSA) is 108 Å². The van der Waals surface area contributed by atoms with Crippen LogP contribution >= 0.6 is 0 Å². The average Bonchev–Trinajstić information content (AvgIpc) is 2.30. The van der Waals surface area contributed by atoms with Gasteiger partial charge >= 0.3 is 12.0 Å². The number of likely N-dealkylation sites (N-methyl/N-ethyl adjacent to an activating group) is 1. The van der Waals surface area contributed by atoms with Crippen LogP contribution in [0.3, 0.4) is 0 Å². The Morgan fingerprint density at radius 3 is 2.41 bits per heavy atom. The molecule has 0 aliphatic rings. The predicted octanol–water partition coefficient (Wildman–Crippen LogP) is -0.325. The summed E-state index contributed by atoms with van der Waals surface area (Å²) in [6.07, 6.45) is 1.94. The van der Waals surface area contributed by atoms with Crippen molar-refractivity contribution < 1.29 is 19.5 Å². The van der Waals surface area contributed by atoms with Crippen LogP contribution in [0.2, 0.25) is 0 Å².